The van der Waals surface area contributed by atoms with E-state index < -0.39 is 14.6 Å². The van der Waals surface area contributed by atoms with Gasteiger partial charge in [0.2, 0.25) is 0 Å². The molecule has 0 bridgehead atoms. The van der Waals surface area contributed by atoms with Gasteiger partial charge < -0.3 is 20.3 Å². The van der Waals surface area contributed by atoms with Gasteiger partial charge in [-0.2, -0.15) is 0 Å². The number of hydrogen-bond acceptors (Lipinski definition) is 4. The maximum atomic E-state index is 10.2. The maximum Gasteiger partial charge on any atom is 0.472 e. The highest BCUT2D eigenvalue weighted by Crippen LogP contribution is 2.35. The second-order valence-corrected chi connectivity index (χ2v) is 3.69. The molecule has 0 aliphatic rings. The predicted octanol–water partition coefficient (Wildman–Crippen LogP) is 0.714. The number of ether oxygens (including phenoxy) is 1. The Labute approximate surface area is 80.5 Å². The summed E-state index contributed by atoms with van der Waals surface area (Å²) >= 11 is 0. The largest absolute Gasteiger partial charge is 0.472 e. The van der Waals surface area contributed by atoms with Crippen LogP contribution in [0.2, 0.25) is 0 Å². The van der Waals surface area contributed by atoms with Crippen LogP contribution in [-0.2, 0) is 9.09 Å². The predicted molar refractivity (Wildman–Crippen MR) is 49.5 cm³/mol. The summed E-state index contributed by atoms with van der Waals surface area (Å²) in [4.78, 5) is 16.7. The van der Waals surface area contributed by atoms with Gasteiger partial charge in [0, 0.05) is 5.69 Å². The van der Waals surface area contributed by atoms with Crippen LogP contribution < -0.4 is 10.5 Å². The van der Waals surface area contributed by atoms with E-state index in [9.17, 15) is 4.57 Å². The van der Waals surface area contributed by atoms with E-state index in [0.29, 0.717) is 11.4 Å². The SMILES string of the molecule is Nc1ccc(OCOP(=O)(O)O)cc1. The first kappa shape index (κ1) is 11.0. The van der Waals surface area contributed by atoms with Gasteiger partial charge in [-0.25, -0.2) is 9.09 Å². The molecular formula is C7H10NO5P. The smallest absolute Gasteiger partial charge is 0.467 e. The van der Waals surface area contributed by atoms with Gasteiger partial charge in [0.05, 0.1) is 0 Å². The van der Waals surface area contributed by atoms with Crippen molar-refractivity contribution in [2.24, 2.45) is 0 Å². The van der Waals surface area contributed by atoms with E-state index in [1.54, 1.807) is 24.3 Å². The molecule has 0 heterocycles. The van der Waals surface area contributed by atoms with Gasteiger partial charge in [0.25, 0.3) is 0 Å². The molecule has 0 unspecified atom stereocenters. The molecule has 1 aromatic rings. The second kappa shape index (κ2) is 4.43. The number of nitrogen functional groups attached to an aromatic ring is 1. The lowest BCUT2D eigenvalue weighted by atomic mass is 10.3. The number of rotatable bonds is 4. The van der Waals surface area contributed by atoms with E-state index in [2.05, 4.69) is 4.52 Å². The van der Waals surface area contributed by atoms with Crippen LogP contribution in [0, 0.1) is 0 Å². The minimum absolute atomic E-state index is 0.424. The summed E-state index contributed by atoms with van der Waals surface area (Å²) < 4.78 is 19.2. The van der Waals surface area contributed by atoms with E-state index in [1.165, 1.54) is 0 Å². The zero-order valence-corrected chi connectivity index (χ0v) is 8.05. The first-order valence-electron chi connectivity index (χ1n) is 3.66. The van der Waals surface area contributed by atoms with Crippen LogP contribution >= 0.6 is 7.82 Å². The third kappa shape index (κ3) is 4.25. The molecule has 0 fully saturated rings. The Morgan fingerprint density at radius 3 is 2.36 bits per heavy atom. The van der Waals surface area contributed by atoms with Crippen LogP contribution in [0.25, 0.3) is 0 Å². The minimum Gasteiger partial charge on any atom is -0.467 e. The van der Waals surface area contributed by atoms with Gasteiger partial charge in [-0.05, 0) is 24.3 Å². The summed E-state index contributed by atoms with van der Waals surface area (Å²) in [7, 11) is -4.46. The van der Waals surface area contributed by atoms with Gasteiger partial charge in [-0.1, -0.05) is 0 Å². The molecule has 0 saturated heterocycles. The van der Waals surface area contributed by atoms with Crippen LogP contribution in [0.4, 0.5) is 5.69 Å². The third-order valence-electron chi connectivity index (χ3n) is 1.33. The van der Waals surface area contributed by atoms with Gasteiger partial charge in [-0.15, -0.1) is 0 Å². The van der Waals surface area contributed by atoms with Crippen LogP contribution in [-0.4, -0.2) is 16.6 Å². The van der Waals surface area contributed by atoms with Crippen molar-refractivity contribution in [2.75, 3.05) is 12.5 Å². The Balaban J connectivity index is 2.39. The van der Waals surface area contributed by atoms with Gasteiger partial charge in [0.1, 0.15) is 5.75 Å². The van der Waals surface area contributed by atoms with Crippen LogP contribution in [0.3, 0.4) is 0 Å². The highest BCUT2D eigenvalue weighted by atomic mass is 31.2. The summed E-state index contributed by atoms with van der Waals surface area (Å²) in [5, 5.41) is 0. The van der Waals surface area contributed by atoms with E-state index in [1.807, 2.05) is 0 Å². The zero-order chi connectivity index (χ0) is 10.6. The normalized spacial score (nSPS) is 11.3. The lowest BCUT2D eigenvalue weighted by molar-refractivity contribution is 0.0829. The average molecular weight is 219 g/mol. The summed E-state index contributed by atoms with van der Waals surface area (Å²) in [5.74, 6) is 0.424. The maximum absolute atomic E-state index is 10.2. The summed E-state index contributed by atoms with van der Waals surface area (Å²) in [6.45, 7) is -0.506. The van der Waals surface area contributed by atoms with Crippen molar-refractivity contribution < 1.29 is 23.6 Å². The Bertz CT molecular complexity index is 332. The topological polar surface area (TPSA) is 102 Å². The van der Waals surface area contributed by atoms with E-state index in [-0.39, 0.29) is 0 Å². The van der Waals surface area contributed by atoms with Crippen LogP contribution in [0.15, 0.2) is 24.3 Å². The average Bonchev–Trinajstić information content (AvgIpc) is 2.06. The molecule has 0 spiro atoms. The molecule has 0 amide bonds. The highest BCUT2D eigenvalue weighted by Gasteiger charge is 2.13. The Morgan fingerprint density at radius 1 is 1.29 bits per heavy atom. The minimum atomic E-state index is -4.46. The molecule has 14 heavy (non-hydrogen) atoms. The molecule has 1 rings (SSSR count). The molecule has 0 aliphatic carbocycles. The van der Waals surface area contributed by atoms with Gasteiger partial charge in [0.15, 0.2) is 6.79 Å². The fourth-order valence-corrected chi connectivity index (χ4v) is 0.917. The quantitative estimate of drug-likeness (QED) is 0.391. The molecule has 0 radical (unpaired) electrons. The molecule has 0 saturated carbocycles. The summed E-state index contributed by atoms with van der Waals surface area (Å²) in [6, 6.07) is 6.34. The van der Waals surface area contributed by atoms with Crippen LogP contribution in [0.5, 0.6) is 5.75 Å². The van der Waals surface area contributed by atoms with Gasteiger partial charge >= 0.3 is 7.82 Å². The number of benzene rings is 1. The van der Waals surface area contributed by atoms with Crippen molar-refractivity contribution in [3.63, 3.8) is 0 Å². The van der Waals surface area contributed by atoms with Crippen molar-refractivity contribution >= 4 is 13.5 Å². The number of nitrogens with two attached hydrogens (primary N) is 1. The molecule has 0 aliphatic heterocycles. The number of hydrogen-bond donors (Lipinski definition) is 3. The molecular weight excluding hydrogens is 209 g/mol. The van der Waals surface area contributed by atoms with E-state index in [0.717, 1.165) is 0 Å². The van der Waals surface area contributed by atoms with Crippen molar-refractivity contribution in [2.45, 2.75) is 0 Å². The molecule has 6 nitrogen and oxygen atoms in total. The molecule has 4 N–H and O–H groups in total. The number of phosphoric acid groups is 1. The van der Waals surface area contributed by atoms with E-state index in [4.69, 9.17) is 20.3 Å². The van der Waals surface area contributed by atoms with Crippen LogP contribution in [0.1, 0.15) is 0 Å². The lowest BCUT2D eigenvalue weighted by Gasteiger charge is -2.07. The molecule has 78 valence electrons. The Morgan fingerprint density at radius 2 is 1.86 bits per heavy atom. The Hall–Kier alpha value is -1.07. The number of phosphoric ester groups is 1. The first-order chi connectivity index (χ1) is 6.47. The zero-order valence-electron chi connectivity index (χ0n) is 7.16. The fourth-order valence-electron chi connectivity index (χ4n) is 0.727. The summed E-state index contributed by atoms with van der Waals surface area (Å²) in [5.41, 5.74) is 5.99. The van der Waals surface area contributed by atoms with Crippen molar-refractivity contribution in [1.29, 1.82) is 0 Å². The molecule has 7 heteroatoms. The van der Waals surface area contributed by atoms with Crippen molar-refractivity contribution in [3.8, 4) is 5.75 Å². The number of anilines is 1. The first-order valence-corrected chi connectivity index (χ1v) is 5.19. The Kier molecular flexibility index (Phi) is 3.49. The standard InChI is InChI=1S/C7H10NO5P/c8-6-1-3-7(4-2-6)12-5-13-14(9,10)11/h1-4H,5,8H2,(H2,9,10,11). The monoisotopic (exact) mass is 219 g/mol. The molecule has 1 aromatic carbocycles. The second-order valence-electron chi connectivity index (χ2n) is 2.45. The lowest BCUT2D eigenvalue weighted by Crippen LogP contribution is -2.00. The van der Waals surface area contributed by atoms with Gasteiger partial charge in [-0.3, -0.25) is 0 Å². The highest BCUT2D eigenvalue weighted by molar-refractivity contribution is 7.46. The van der Waals surface area contributed by atoms with E-state index >= 15 is 0 Å². The third-order valence-corrected chi connectivity index (χ3v) is 1.77. The van der Waals surface area contributed by atoms with Crippen molar-refractivity contribution in [3.05, 3.63) is 24.3 Å². The molecule has 0 aromatic heterocycles. The summed E-state index contributed by atoms with van der Waals surface area (Å²) in [6.07, 6.45) is 0. The van der Waals surface area contributed by atoms with Crippen molar-refractivity contribution in [1.82, 2.24) is 0 Å². The fraction of sp³-hybridized carbons (Fsp3) is 0.143. The molecule has 0 atom stereocenters.